The fraction of sp³-hybridized carbons (Fsp3) is 0.0244. The van der Waals surface area contributed by atoms with E-state index in [-0.39, 0.29) is 7.43 Å². The van der Waals surface area contributed by atoms with Crippen LogP contribution in [-0.2, 0) is 0 Å². The van der Waals surface area contributed by atoms with Gasteiger partial charge in [-0.05, 0) is 65.3 Å². The van der Waals surface area contributed by atoms with E-state index in [9.17, 15) is 9.59 Å². The van der Waals surface area contributed by atoms with Crippen LogP contribution in [-0.4, -0.2) is 25.8 Å². The first-order valence-corrected chi connectivity index (χ1v) is 30.6. The van der Waals surface area contributed by atoms with E-state index in [1.54, 1.807) is 48.5 Å². The van der Waals surface area contributed by atoms with Gasteiger partial charge in [0.15, 0.2) is 4.30 Å². The number of nitrogens with zero attached hydrogens (tertiary/aromatic N) is 2. The third kappa shape index (κ3) is 13.5. The Morgan fingerprint density at radius 2 is 0.505 bits per heavy atom. The summed E-state index contributed by atoms with van der Waals surface area (Å²) in [6.07, 6.45) is 0. The van der Waals surface area contributed by atoms with Gasteiger partial charge in [-0.15, -0.1) is 0 Å². The summed E-state index contributed by atoms with van der Waals surface area (Å²) in [5.41, 5.74) is 29.5. The second kappa shape index (κ2) is 28.6. The molecule has 0 spiro atoms. The summed E-state index contributed by atoms with van der Waals surface area (Å²) in [5.74, 6) is -0.932. The first-order valence-electron chi connectivity index (χ1n) is 29.3. The predicted octanol–water partition coefficient (Wildman–Crippen LogP) is 22.5. The topological polar surface area (TPSA) is 112 Å². The fourth-order valence-electron chi connectivity index (χ4n) is 11.6. The Morgan fingerprint density at radius 3 is 0.802 bits per heavy atom. The largest absolute Gasteiger partial charge is 0.397 e. The monoisotopic (exact) mass is 1240 g/mol. The van der Waals surface area contributed by atoms with Gasteiger partial charge in [0, 0.05) is 44.5 Å². The van der Waals surface area contributed by atoms with E-state index < -0.39 is 15.9 Å². The minimum atomic E-state index is -0.750. The highest BCUT2D eigenvalue weighted by atomic mass is 35.6. The predicted molar refractivity (Wildman–Crippen MR) is 387 cm³/mol. The number of nitrogens with two attached hydrogens (primary N) is 2. The van der Waals surface area contributed by atoms with Crippen LogP contribution in [0, 0.1) is 0 Å². The van der Waals surface area contributed by atoms with Crippen molar-refractivity contribution in [2.75, 3.05) is 11.5 Å². The van der Waals surface area contributed by atoms with Gasteiger partial charge in [-0.3, -0.25) is 9.59 Å². The summed E-state index contributed by atoms with van der Waals surface area (Å²) in [4.78, 5) is 34.6. The number of carbonyl (C=O) groups is 2. The molecule has 15 aromatic rings. The Bertz CT molecular complexity index is 4730. The Kier molecular flexibility index (Phi) is 19.5. The number of rotatable bonds is 9. The maximum Gasteiger partial charge on any atom is 0.233 e. The van der Waals surface area contributed by atoms with Crippen LogP contribution in [0.3, 0.4) is 0 Å². The lowest BCUT2D eigenvalue weighted by Crippen LogP contribution is -2.14. The number of aromatic nitrogens is 2. The highest BCUT2D eigenvalue weighted by Gasteiger charge is 2.22. The summed E-state index contributed by atoms with van der Waals surface area (Å²) >= 11 is 14.4. The van der Waals surface area contributed by atoms with Crippen LogP contribution in [0.5, 0.6) is 0 Å². The second-order valence-electron chi connectivity index (χ2n) is 21.2. The highest BCUT2D eigenvalue weighted by Crippen LogP contribution is 2.44. The van der Waals surface area contributed by atoms with Crippen LogP contribution in [0.15, 0.2) is 315 Å². The lowest BCUT2D eigenvalue weighted by Gasteiger charge is -2.17. The number of alkyl halides is 3. The number of hydrogen-bond donors (Lipinski definition) is 2. The first-order chi connectivity index (χ1) is 44.1. The average molecular weight is 1240 g/mol. The third-order valence-electron chi connectivity index (χ3n) is 15.8. The molecule has 1 aromatic heterocycles. The highest BCUT2D eigenvalue weighted by molar-refractivity contribution is 6.63. The zero-order valence-corrected chi connectivity index (χ0v) is 50.9. The van der Waals surface area contributed by atoms with Crippen molar-refractivity contribution in [2.24, 2.45) is 0 Å². The number of anilines is 2. The van der Waals surface area contributed by atoms with E-state index in [0.717, 1.165) is 78.1 Å². The standard InChI is InChI=1S/C40H26N2.C26H20N2.C14H10O2.CHCl3.CH4/c1-3-15-29(16-4-1)37-38(30-17-5-2-6-18-30)42-40-36(34-24-12-20-28-14-8-10-22-32(28)34)26-25-35(39(40)41-37)33-23-11-19-27-13-7-9-21-31(27)33;27-25-23(21-13-5-9-17-7-1-3-11-19(17)21)15-16-24(26(25)28)22-14-6-10-18-8-2-4-12-20(18)22;15-13(11-7-3-1-4-8-11)14(16)12-9-5-2-6-10-12;2-1(3)4;/h1-26H;1-16H,27-28H2;1-10H;1H;1H4. The second-order valence-corrected chi connectivity index (χ2v) is 23.2. The van der Waals surface area contributed by atoms with Crippen molar-refractivity contribution in [3.8, 4) is 67.0 Å². The van der Waals surface area contributed by atoms with Gasteiger partial charge in [-0.1, -0.05) is 358 Å². The van der Waals surface area contributed by atoms with E-state index in [0.29, 0.717) is 22.5 Å². The van der Waals surface area contributed by atoms with Crippen LogP contribution >= 0.6 is 34.8 Å². The molecule has 442 valence electrons. The van der Waals surface area contributed by atoms with Crippen molar-refractivity contribution in [2.45, 2.75) is 11.7 Å². The van der Waals surface area contributed by atoms with E-state index in [1.807, 2.05) is 36.4 Å². The van der Waals surface area contributed by atoms with E-state index >= 15 is 0 Å². The summed E-state index contributed by atoms with van der Waals surface area (Å²) in [6, 6.07) is 106. The van der Waals surface area contributed by atoms with Crippen molar-refractivity contribution in [3.63, 3.8) is 0 Å². The molecule has 0 aliphatic rings. The molecule has 14 aromatic carbocycles. The number of carbonyl (C=O) groups excluding carboxylic acids is 2. The smallest absolute Gasteiger partial charge is 0.233 e. The number of halogens is 3. The summed E-state index contributed by atoms with van der Waals surface area (Å²) < 4.78 is -0.750. The molecule has 0 fully saturated rings. The zero-order chi connectivity index (χ0) is 61.9. The van der Waals surface area contributed by atoms with Crippen LogP contribution in [0.4, 0.5) is 11.4 Å². The number of nitrogen functional groups attached to an aromatic ring is 2. The molecule has 0 radical (unpaired) electrons. The Morgan fingerprint density at radius 1 is 0.275 bits per heavy atom. The molecule has 6 nitrogen and oxygen atoms in total. The number of hydrogen-bond acceptors (Lipinski definition) is 6. The molecule has 1 heterocycles. The zero-order valence-electron chi connectivity index (χ0n) is 48.6. The lowest BCUT2D eigenvalue weighted by atomic mass is 9.91. The molecule has 91 heavy (non-hydrogen) atoms. The van der Waals surface area contributed by atoms with Crippen LogP contribution in [0.2, 0.25) is 0 Å². The van der Waals surface area contributed by atoms with Crippen molar-refractivity contribution in [1.29, 1.82) is 0 Å². The quantitative estimate of drug-likeness (QED) is 0.0644. The summed E-state index contributed by atoms with van der Waals surface area (Å²) in [6.45, 7) is 0. The number of ketones is 2. The van der Waals surface area contributed by atoms with Gasteiger partial charge in [0.25, 0.3) is 0 Å². The summed E-state index contributed by atoms with van der Waals surface area (Å²) in [5, 5.41) is 9.55. The molecular weight excluding hydrogens is 1180 g/mol. The Hall–Kier alpha value is -10.7. The lowest BCUT2D eigenvalue weighted by molar-refractivity contribution is 0.0817. The van der Waals surface area contributed by atoms with Gasteiger partial charge in [-0.2, -0.15) is 0 Å². The fourth-order valence-corrected chi connectivity index (χ4v) is 11.6. The van der Waals surface area contributed by atoms with Gasteiger partial charge in [-0.25, -0.2) is 9.97 Å². The molecule has 15 rings (SSSR count). The molecule has 0 aliphatic carbocycles. The van der Waals surface area contributed by atoms with Crippen LogP contribution in [0.25, 0.3) is 121 Å². The molecule has 0 aliphatic heterocycles. The van der Waals surface area contributed by atoms with Crippen molar-refractivity contribution >= 4 is 112 Å². The Labute approximate surface area is 544 Å². The maximum absolute atomic E-state index is 11.8. The molecule has 9 heteroatoms. The molecule has 0 bridgehead atoms. The molecule has 0 saturated heterocycles. The van der Waals surface area contributed by atoms with Gasteiger partial charge < -0.3 is 11.5 Å². The van der Waals surface area contributed by atoms with E-state index in [4.69, 9.17) is 56.2 Å². The van der Waals surface area contributed by atoms with Crippen LogP contribution < -0.4 is 11.5 Å². The maximum atomic E-state index is 11.8. The third-order valence-corrected chi connectivity index (χ3v) is 15.8. The van der Waals surface area contributed by atoms with E-state index in [2.05, 4.69) is 231 Å². The SMILES string of the molecule is C.ClC(Cl)Cl.Nc1c(-c2cccc3ccccc23)ccc(-c2cccc3ccccc23)c1N.O=C(C(=O)c1ccccc1)c1ccccc1.c1ccc(-c2nc3c(-c4cccc5ccccc45)ccc(-c4cccc5ccccc45)c3nc2-c2ccccc2)cc1. The molecule has 4 N–H and O–H groups in total. The van der Waals surface area contributed by atoms with Crippen molar-refractivity contribution in [1.82, 2.24) is 9.97 Å². The number of benzene rings is 14. The molecular formula is C82H61Cl3N4O2. The first kappa shape index (κ1) is 61.9. The molecule has 0 amide bonds. The van der Waals surface area contributed by atoms with E-state index in [1.165, 1.54) is 43.1 Å². The van der Waals surface area contributed by atoms with Gasteiger partial charge in [0.05, 0.1) is 33.8 Å². The molecule has 0 atom stereocenters. The van der Waals surface area contributed by atoms with Crippen molar-refractivity contribution in [3.05, 3.63) is 327 Å². The van der Waals surface area contributed by atoms with Crippen molar-refractivity contribution < 1.29 is 9.59 Å². The average Bonchev–Trinajstić information content (AvgIpc) is 0.775. The normalized spacial score (nSPS) is 10.8. The van der Waals surface area contributed by atoms with Crippen LogP contribution in [0.1, 0.15) is 28.1 Å². The van der Waals surface area contributed by atoms with Gasteiger partial charge in [0.2, 0.25) is 11.6 Å². The molecule has 0 saturated carbocycles. The number of fused-ring (bicyclic) bond motifs is 5. The van der Waals surface area contributed by atoms with Gasteiger partial charge >= 0.3 is 0 Å². The minimum absolute atomic E-state index is 0. The number of Topliss-reactive ketones (excluding diaryl/α,β-unsaturated/α-hetero) is 2. The van der Waals surface area contributed by atoms with Gasteiger partial charge in [0.1, 0.15) is 0 Å². The summed E-state index contributed by atoms with van der Waals surface area (Å²) in [7, 11) is 0. The molecule has 0 unspecified atom stereocenters. The minimum Gasteiger partial charge on any atom is -0.397 e. The Balaban J connectivity index is 0.000000149.